The second-order valence-corrected chi connectivity index (χ2v) is 7.77. The molecule has 0 unspecified atom stereocenters. The number of hydrogen-bond donors (Lipinski definition) is 2. The predicted molar refractivity (Wildman–Crippen MR) is 95.5 cm³/mol. The van der Waals surface area contributed by atoms with Crippen LogP contribution in [0.4, 0.5) is 4.79 Å². The Balaban J connectivity index is 1.28. The first-order chi connectivity index (χ1) is 12.2. The SMILES string of the molecule is CCCOc1cccc(CCNC(=O)N2C[C@@H]3C[C@H]4C[C@H]3[C@@H]2[C@@H]4O)c1. The number of rotatable bonds is 6. The van der Waals surface area contributed by atoms with E-state index >= 15 is 0 Å². The van der Waals surface area contributed by atoms with Gasteiger partial charge in [0.15, 0.2) is 0 Å². The van der Waals surface area contributed by atoms with Crippen LogP contribution in [0.5, 0.6) is 5.75 Å². The average Bonchev–Trinajstić information content (AvgIpc) is 3.23. The minimum absolute atomic E-state index is 0.0162. The molecule has 5 nitrogen and oxygen atoms in total. The highest BCUT2D eigenvalue weighted by Crippen LogP contribution is 2.54. The maximum atomic E-state index is 12.6. The maximum absolute atomic E-state index is 12.6. The van der Waals surface area contributed by atoms with Crippen molar-refractivity contribution in [3.63, 3.8) is 0 Å². The second-order valence-electron chi connectivity index (χ2n) is 7.77. The van der Waals surface area contributed by atoms with E-state index in [1.165, 1.54) is 0 Å². The molecule has 5 heteroatoms. The summed E-state index contributed by atoms with van der Waals surface area (Å²) in [6.45, 7) is 4.23. The van der Waals surface area contributed by atoms with Crippen LogP contribution >= 0.6 is 0 Å². The number of nitrogens with one attached hydrogen (secondary N) is 1. The fourth-order valence-electron chi connectivity index (χ4n) is 5.08. The molecular weight excluding hydrogens is 316 g/mol. The molecule has 4 rings (SSSR count). The van der Waals surface area contributed by atoms with Crippen LogP contribution in [0.2, 0.25) is 0 Å². The lowest BCUT2D eigenvalue weighted by Gasteiger charge is -2.28. The topological polar surface area (TPSA) is 61.8 Å². The third kappa shape index (κ3) is 3.10. The summed E-state index contributed by atoms with van der Waals surface area (Å²) < 4.78 is 5.66. The Bertz CT molecular complexity index is 633. The highest BCUT2D eigenvalue weighted by molar-refractivity contribution is 5.75. The lowest BCUT2D eigenvalue weighted by Crippen LogP contribution is -2.48. The number of aliphatic hydroxyl groups excluding tert-OH is 1. The van der Waals surface area contributed by atoms with E-state index in [9.17, 15) is 9.90 Å². The van der Waals surface area contributed by atoms with E-state index in [0.29, 0.717) is 24.3 Å². The van der Waals surface area contributed by atoms with Gasteiger partial charge in [-0.05, 0) is 61.1 Å². The molecule has 1 aromatic carbocycles. The zero-order valence-electron chi connectivity index (χ0n) is 14.9. The minimum atomic E-state index is -0.318. The Hall–Kier alpha value is -1.75. The molecule has 1 aromatic rings. The Morgan fingerprint density at radius 3 is 3.04 bits per heavy atom. The number of hydrogen-bond acceptors (Lipinski definition) is 3. The van der Waals surface area contributed by atoms with E-state index in [2.05, 4.69) is 18.3 Å². The average molecular weight is 344 g/mol. The van der Waals surface area contributed by atoms with E-state index in [1.54, 1.807) is 0 Å². The van der Waals surface area contributed by atoms with Crippen molar-refractivity contribution in [2.24, 2.45) is 17.8 Å². The number of aliphatic hydroxyl groups is 1. The Labute approximate surface area is 149 Å². The fourth-order valence-corrected chi connectivity index (χ4v) is 5.08. The Kier molecular flexibility index (Phi) is 4.59. The molecular formula is C20H28N2O3. The van der Waals surface area contributed by atoms with Gasteiger partial charge in [0.1, 0.15) is 5.75 Å². The molecule has 1 aliphatic heterocycles. The summed E-state index contributed by atoms with van der Waals surface area (Å²) in [4.78, 5) is 14.5. The lowest BCUT2D eigenvalue weighted by molar-refractivity contribution is 0.0609. The standard InChI is InChI=1S/C20H28N2O3/c1-2-8-25-16-5-3-4-13(9-16)6-7-21-20(24)22-12-15-10-14-11-17(15)18(22)19(14)23/h3-5,9,14-15,17-19,23H,2,6-8,10-12H2,1H3,(H,21,24)/t14-,15-,17+,18+,19+/m0/s1. The number of carbonyl (C=O) groups excluding carboxylic acids is 1. The summed E-state index contributed by atoms with van der Waals surface area (Å²) in [5, 5.41) is 13.4. The molecule has 0 aromatic heterocycles. The summed E-state index contributed by atoms with van der Waals surface area (Å²) in [6, 6.07) is 8.10. The van der Waals surface area contributed by atoms with E-state index < -0.39 is 0 Å². The van der Waals surface area contributed by atoms with Crippen LogP contribution in [0.1, 0.15) is 31.7 Å². The maximum Gasteiger partial charge on any atom is 0.317 e. The van der Waals surface area contributed by atoms with Crippen LogP contribution in [0, 0.1) is 17.8 Å². The normalized spacial score (nSPS) is 32.2. The number of fused-ring (bicyclic) bond motifs is 1. The van der Waals surface area contributed by atoms with E-state index in [4.69, 9.17) is 4.74 Å². The van der Waals surface area contributed by atoms with Gasteiger partial charge < -0.3 is 20.1 Å². The van der Waals surface area contributed by atoms with Crippen molar-refractivity contribution in [2.45, 2.75) is 44.8 Å². The summed E-state index contributed by atoms with van der Waals surface area (Å²) in [5.41, 5.74) is 1.16. The van der Waals surface area contributed by atoms with Crippen LogP contribution in [-0.4, -0.2) is 47.9 Å². The number of amides is 2. The molecule has 5 atom stereocenters. The third-order valence-electron chi connectivity index (χ3n) is 6.17. The number of benzene rings is 1. The summed E-state index contributed by atoms with van der Waals surface area (Å²) in [5.74, 6) is 2.44. The van der Waals surface area contributed by atoms with Gasteiger partial charge in [-0.15, -0.1) is 0 Å². The first-order valence-corrected chi connectivity index (χ1v) is 9.61. The number of nitrogens with zero attached hydrogens (tertiary/aromatic N) is 1. The highest BCUT2D eigenvalue weighted by Gasteiger charge is 2.59. The minimum Gasteiger partial charge on any atom is -0.494 e. The van der Waals surface area contributed by atoms with E-state index in [1.807, 2.05) is 23.1 Å². The molecule has 3 aliphatic rings. The molecule has 0 spiro atoms. The number of likely N-dealkylation sites (tertiary alicyclic amines) is 1. The van der Waals surface area contributed by atoms with Crippen molar-refractivity contribution in [1.29, 1.82) is 0 Å². The van der Waals surface area contributed by atoms with Crippen LogP contribution in [0.3, 0.4) is 0 Å². The largest absolute Gasteiger partial charge is 0.494 e. The van der Waals surface area contributed by atoms with Gasteiger partial charge in [0, 0.05) is 13.1 Å². The molecule has 3 fully saturated rings. The van der Waals surface area contributed by atoms with Crippen molar-refractivity contribution in [3.05, 3.63) is 29.8 Å². The van der Waals surface area contributed by atoms with Gasteiger partial charge in [0.25, 0.3) is 0 Å². The quantitative estimate of drug-likeness (QED) is 0.833. The summed E-state index contributed by atoms with van der Waals surface area (Å²) in [6.07, 6.45) is 3.65. The van der Waals surface area contributed by atoms with Crippen molar-refractivity contribution in [1.82, 2.24) is 10.2 Å². The second kappa shape index (κ2) is 6.87. The van der Waals surface area contributed by atoms with E-state index in [-0.39, 0.29) is 18.2 Å². The third-order valence-corrected chi connectivity index (χ3v) is 6.17. The first-order valence-electron chi connectivity index (χ1n) is 9.61. The summed E-state index contributed by atoms with van der Waals surface area (Å²) in [7, 11) is 0. The molecule has 1 heterocycles. The van der Waals surface area contributed by atoms with Crippen molar-refractivity contribution < 1.29 is 14.6 Å². The number of urea groups is 1. The first kappa shape index (κ1) is 16.7. The molecule has 2 aliphatic carbocycles. The van der Waals surface area contributed by atoms with Gasteiger partial charge in [0.05, 0.1) is 18.8 Å². The monoisotopic (exact) mass is 344 g/mol. The van der Waals surface area contributed by atoms with Gasteiger partial charge in [-0.2, -0.15) is 0 Å². The van der Waals surface area contributed by atoms with Crippen molar-refractivity contribution >= 4 is 6.03 Å². The molecule has 2 N–H and O–H groups in total. The van der Waals surface area contributed by atoms with Crippen LogP contribution < -0.4 is 10.1 Å². The van der Waals surface area contributed by atoms with Gasteiger partial charge in [0.2, 0.25) is 0 Å². The molecule has 2 saturated carbocycles. The van der Waals surface area contributed by atoms with Crippen molar-refractivity contribution in [3.8, 4) is 5.75 Å². The Morgan fingerprint density at radius 2 is 2.24 bits per heavy atom. The zero-order chi connectivity index (χ0) is 17.4. The highest BCUT2D eigenvalue weighted by atomic mass is 16.5. The molecule has 1 saturated heterocycles. The number of carbonyl (C=O) groups is 1. The predicted octanol–water partition coefficient (Wildman–Crippen LogP) is 2.43. The molecule has 136 valence electrons. The molecule has 0 radical (unpaired) electrons. The fraction of sp³-hybridized carbons (Fsp3) is 0.650. The van der Waals surface area contributed by atoms with Gasteiger partial charge in [-0.1, -0.05) is 19.1 Å². The lowest BCUT2D eigenvalue weighted by atomic mass is 9.88. The smallest absolute Gasteiger partial charge is 0.317 e. The molecule has 2 amide bonds. The van der Waals surface area contributed by atoms with Crippen LogP contribution in [-0.2, 0) is 6.42 Å². The van der Waals surface area contributed by atoms with Crippen LogP contribution in [0.25, 0.3) is 0 Å². The molecule has 25 heavy (non-hydrogen) atoms. The van der Waals surface area contributed by atoms with Crippen LogP contribution in [0.15, 0.2) is 24.3 Å². The zero-order valence-corrected chi connectivity index (χ0v) is 14.9. The van der Waals surface area contributed by atoms with Gasteiger partial charge in [-0.25, -0.2) is 4.79 Å². The number of ether oxygens (including phenoxy) is 1. The van der Waals surface area contributed by atoms with Gasteiger partial charge >= 0.3 is 6.03 Å². The molecule has 2 bridgehead atoms. The van der Waals surface area contributed by atoms with Crippen molar-refractivity contribution in [2.75, 3.05) is 19.7 Å². The Morgan fingerprint density at radius 1 is 1.36 bits per heavy atom. The van der Waals surface area contributed by atoms with Gasteiger partial charge in [-0.3, -0.25) is 0 Å². The van der Waals surface area contributed by atoms with E-state index in [0.717, 1.165) is 50.1 Å². The summed E-state index contributed by atoms with van der Waals surface area (Å²) >= 11 is 0.